The van der Waals surface area contributed by atoms with Gasteiger partial charge in [-0.1, -0.05) is 54.6 Å². The first-order valence-electron chi connectivity index (χ1n) is 11.7. The van der Waals surface area contributed by atoms with Gasteiger partial charge < -0.3 is 20.1 Å². The van der Waals surface area contributed by atoms with Crippen molar-refractivity contribution in [2.75, 3.05) is 26.2 Å². The zero-order chi connectivity index (χ0) is 24.1. The van der Waals surface area contributed by atoms with E-state index in [0.29, 0.717) is 25.1 Å². The van der Waals surface area contributed by atoms with E-state index in [9.17, 15) is 14.4 Å². The van der Waals surface area contributed by atoms with E-state index in [1.807, 2.05) is 24.3 Å². The molecule has 2 aromatic rings. The quantitative estimate of drug-likeness (QED) is 0.574. The third kappa shape index (κ3) is 5.30. The third-order valence-corrected chi connectivity index (χ3v) is 6.68. The zero-order valence-corrected chi connectivity index (χ0v) is 19.3. The molecule has 1 saturated heterocycles. The molecule has 1 aliphatic carbocycles. The number of likely N-dealkylation sites (tertiary alicyclic amines) is 1. The number of hydrogen-bond acceptors (Lipinski definition) is 4. The van der Waals surface area contributed by atoms with Crippen LogP contribution in [-0.2, 0) is 14.3 Å². The lowest BCUT2D eigenvalue weighted by atomic mass is 9.98. The van der Waals surface area contributed by atoms with Crippen LogP contribution < -0.4 is 5.32 Å². The lowest BCUT2D eigenvalue weighted by molar-refractivity contribution is -0.137. The minimum atomic E-state index is -0.805. The lowest BCUT2D eigenvalue weighted by Crippen LogP contribution is -2.30. The smallest absolute Gasteiger partial charge is 0.407 e. The Bertz CT molecular complexity index is 1060. The highest BCUT2D eigenvalue weighted by Crippen LogP contribution is 2.44. The fourth-order valence-electron chi connectivity index (χ4n) is 4.85. The number of amides is 2. The number of benzene rings is 2. The molecule has 1 aliphatic heterocycles. The second-order valence-corrected chi connectivity index (χ2v) is 8.93. The fourth-order valence-corrected chi connectivity index (χ4v) is 4.85. The molecular formula is C27H30N2O5. The van der Waals surface area contributed by atoms with Crippen molar-refractivity contribution in [1.29, 1.82) is 0 Å². The maximum absolute atomic E-state index is 12.6. The van der Waals surface area contributed by atoms with Gasteiger partial charge in [0.15, 0.2) is 0 Å². The highest BCUT2D eigenvalue weighted by atomic mass is 16.5. The van der Waals surface area contributed by atoms with Crippen LogP contribution in [0.25, 0.3) is 11.1 Å². The summed E-state index contributed by atoms with van der Waals surface area (Å²) in [6.45, 7) is 3.38. The fraction of sp³-hybridized carbons (Fsp3) is 0.370. The van der Waals surface area contributed by atoms with Gasteiger partial charge in [-0.25, -0.2) is 4.79 Å². The van der Waals surface area contributed by atoms with E-state index in [1.165, 1.54) is 11.1 Å². The molecular weight excluding hydrogens is 432 g/mol. The molecule has 0 saturated carbocycles. The minimum absolute atomic E-state index is 0.00115. The van der Waals surface area contributed by atoms with Gasteiger partial charge in [0.2, 0.25) is 5.91 Å². The zero-order valence-electron chi connectivity index (χ0n) is 19.3. The molecule has 0 radical (unpaired) electrons. The molecule has 1 heterocycles. The highest BCUT2D eigenvalue weighted by molar-refractivity contribution is 5.93. The van der Waals surface area contributed by atoms with Crippen LogP contribution in [0.1, 0.15) is 43.2 Å². The number of carbonyl (C=O) groups excluding carboxylic acids is 2. The van der Waals surface area contributed by atoms with Crippen molar-refractivity contribution in [1.82, 2.24) is 10.2 Å². The molecule has 2 aromatic carbocycles. The van der Waals surface area contributed by atoms with E-state index in [0.717, 1.165) is 17.5 Å². The maximum Gasteiger partial charge on any atom is 0.407 e. The highest BCUT2D eigenvalue weighted by Gasteiger charge is 2.29. The van der Waals surface area contributed by atoms with Crippen LogP contribution in [-0.4, -0.2) is 54.2 Å². The number of rotatable bonds is 8. The first-order valence-corrected chi connectivity index (χ1v) is 11.7. The van der Waals surface area contributed by atoms with Crippen molar-refractivity contribution >= 4 is 18.0 Å². The molecule has 2 aliphatic rings. The Morgan fingerprint density at radius 2 is 1.74 bits per heavy atom. The number of hydrogen-bond donors (Lipinski definition) is 2. The van der Waals surface area contributed by atoms with Crippen molar-refractivity contribution in [3.8, 4) is 11.1 Å². The van der Waals surface area contributed by atoms with Crippen molar-refractivity contribution in [2.45, 2.75) is 32.1 Å². The summed E-state index contributed by atoms with van der Waals surface area (Å²) < 4.78 is 5.52. The van der Waals surface area contributed by atoms with Crippen LogP contribution >= 0.6 is 0 Å². The number of ether oxygens (including phenoxy) is 1. The van der Waals surface area contributed by atoms with Gasteiger partial charge in [0.05, 0.1) is 0 Å². The second-order valence-electron chi connectivity index (χ2n) is 8.93. The van der Waals surface area contributed by atoms with Crippen molar-refractivity contribution in [3.05, 3.63) is 71.3 Å². The van der Waals surface area contributed by atoms with Crippen LogP contribution in [0.2, 0.25) is 0 Å². The molecule has 34 heavy (non-hydrogen) atoms. The van der Waals surface area contributed by atoms with Crippen molar-refractivity contribution in [2.24, 2.45) is 5.92 Å². The number of nitrogens with one attached hydrogen (secondary N) is 1. The Morgan fingerprint density at radius 3 is 2.38 bits per heavy atom. The van der Waals surface area contributed by atoms with Crippen LogP contribution in [0.5, 0.6) is 0 Å². The van der Waals surface area contributed by atoms with Crippen molar-refractivity contribution < 1.29 is 24.2 Å². The van der Waals surface area contributed by atoms with Gasteiger partial charge in [-0.05, 0) is 47.9 Å². The Balaban J connectivity index is 1.25. The van der Waals surface area contributed by atoms with Gasteiger partial charge >= 0.3 is 12.1 Å². The first-order chi connectivity index (χ1) is 16.4. The van der Waals surface area contributed by atoms with Crippen LogP contribution in [0, 0.1) is 5.92 Å². The van der Waals surface area contributed by atoms with Gasteiger partial charge in [-0.3, -0.25) is 9.59 Å². The van der Waals surface area contributed by atoms with E-state index < -0.39 is 12.1 Å². The second kappa shape index (κ2) is 10.5. The molecule has 0 aromatic heterocycles. The summed E-state index contributed by atoms with van der Waals surface area (Å²) in [5, 5.41) is 11.5. The van der Waals surface area contributed by atoms with Crippen LogP contribution in [0.15, 0.2) is 60.2 Å². The molecule has 2 N–H and O–H groups in total. The number of carbonyl (C=O) groups is 3. The molecule has 7 heteroatoms. The average Bonchev–Trinajstić information content (AvgIpc) is 3.44. The normalized spacial score (nSPS) is 17.3. The Labute approximate surface area is 199 Å². The lowest BCUT2D eigenvalue weighted by Gasteiger charge is -2.17. The number of aliphatic carboxylic acids is 1. The Hall–Kier alpha value is -3.61. The van der Waals surface area contributed by atoms with Gasteiger partial charge in [-0.2, -0.15) is 0 Å². The summed E-state index contributed by atoms with van der Waals surface area (Å²) >= 11 is 0. The monoisotopic (exact) mass is 462 g/mol. The predicted molar refractivity (Wildman–Crippen MR) is 128 cm³/mol. The van der Waals surface area contributed by atoms with Gasteiger partial charge in [0.25, 0.3) is 0 Å². The molecule has 1 fully saturated rings. The van der Waals surface area contributed by atoms with Crippen LogP contribution in [0.3, 0.4) is 0 Å². The summed E-state index contributed by atoms with van der Waals surface area (Å²) in [4.78, 5) is 37.4. The molecule has 7 nitrogen and oxygen atoms in total. The van der Waals surface area contributed by atoms with Crippen LogP contribution in [0.4, 0.5) is 4.79 Å². The summed E-state index contributed by atoms with van der Waals surface area (Å²) in [5.41, 5.74) is 5.22. The largest absolute Gasteiger partial charge is 0.481 e. The average molecular weight is 463 g/mol. The number of alkyl carbamates (subject to hydrolysis) is 1. The number of carboxylic acid groups (broad SMARTS) is 1. The van der Waals surface area contributed by atoms with Gasteiger partial charge in [-0.15, -0.1) is 0 Å². The Morgan fingerprint density at radius 1 is 1.09 bits per heavy atom. The van der Waals surface area contributed by atoms with E-state index in [-0.39, 0.29) is 37.3 Å². The van der Waals surface area contributed by atoms with E-state index in [1.54, 1.807) is 17.9 Å². The summed E-state index contributed by atoms with van der Waals surface area (Å²) in [6, 6.07) is 16.3. The molecule has 0 spiro atoms. The maximum atomic E-state index is 12.6. The molecule has 4 rings (SSSR count). The van der Waals surface area contributed by atoms with E-state index >= 15 is 0 Å². The van der Waals surface area contributed by atoms with E-state index in [2.05, 4.69) is 29.6 Å². The summed E-state index contributed by atoms with van der Waals surface area (Å²) in [6.07, 6.45) is 2.71. The molecule has 178 valence electrons. The molecule has 1 atom stereocenters. The third-order valence-electron chi connectivity index (χ3n) is 6.68. The minimum Gasteiger partial charge on any atom is -0.481 e. The first kappa shape index (κ1) is 23.5. The summed E-state index contributed by atoms with van der Waals surface area (Å²) in [5.74, 6) is -0.652. The Kier molecular flexibility index (Phi) is 7.30. The number of carboxylic acids is 1. The van der Waals surface area contributed by atoms with Crippen molar-refractivity contribution in [3.63, 3.8) is 0 Å². The van der Waals surface area contributed by atoms with Gasteiger partial charge in [0.1, 0.15) is 6.61 Å². The van der Waals surface area contributed by atoms with Gasteiger partial charge in [0, 0.05) is 37.5 Å². The summed E-state index contributed by atoms with van der Waals surface area (Å²) in [7, 11) is 0. The number of nitrogens with zero attached hydrogens (tertiary/aromatic N) is 1. The molecule has 1 unspecified atom stereocenters. The molecule has 0 bridgehead atoms. The topological polar surface area (TPSA) is 95.9 Å². The van der Waals surface area contributed by atoms with E-state index in [4.69, 9.17) is 9.84 Å². The number of fused-ring (bicyclic) bond motifs is 3. The standard InChI is InChI=1S/C27H30N2O5/c1-18(26(32)29-15-13-19(16-29)10-11-25(30)31)12-14-28-27(33)34-17-24-22-8-4-2-6-20(22)21-7-3-5-9-23(21)24/h2-9,12,19,24H,10-11,13-17H2,1H3,(H,28,33)(H,30,31)/b18-12+. The predicted octanol–water partition coefficient (Wildman–Crippen LogP) is 4.18. The molecule has 2 amide bonds. The SMILES string of the molecule is C/C(=C\CNC(=O)OCC1c2ccccc2-c2ccccc21)C(=O)N1CCC(CCC(=O)O)C1.